The minimum Gasteiger partial charge on any atom is -0.489 e. The van der Waals surface area contributed by atoms with Crippen LogP contribution in [0.1, 0.15) is 19.3 Å². The molecule has 0 spiro atoms. The molecule has 12 heteroatoms. The maximum absolute atomic E-state index is 14.4. The first-order valence-electron chi connectivity index (χ1n) is 9.43. The summed E-state index contributed by atoms with van der Waals surface area (Å²) in [6.07, 6.45) is -5.48. The average molecular weight is 470 g/mol. The third-order valence-corrected chi connectivity index (χ3v) is 6.76. The normalized spacial score (nSPS) is 16.5. The molecule has 31 heavy (non-hydrogen) atoms. The van der Waals surface area contributed by atoms with E-state index in [9.17, 15) is 35.2 Å². The lowest BCUT2D eigenvalue weighted by Gasteiger charge is -2.32. The summed E-state index contributed by atoms with van der Waals surface area (Å²) >= 11 is 0. The Hall–Kier alpha value is -2.21. The van der Waals surface area contributed by atoms with E-state index in [0.29, 0.717) is 0 Å². The molecule has 0 bridgehead atoms. The number of benzene rings is 1. The fraction of sp³-hybridized carbons (Fsp3) is 0.526. The zero-order valence-corrected chi connectivity index (χ0v) is 17.3. The number of nitrogens with two attached hydrogens (primary N) is 1. The third kappa shape index (κ3) is 7.46. The highest BCUT2D eigenvalue weighted by atomic mass is 32.2. The summed E-state index contributed by atoms with van der Waals surface area (Å²) in [7, 11) is -4.02. The monoisotopic (exact) mass is 470 g/mol. The van der Waals surface area contributed by atoms with Crippen molar-refractivity contribution < 1.29 is 39.9 Å². The highest BCUT2D eigenvalue weighted by Gasteiger charge is 2.35. The Morgan fingerprint density at radius 1 is 1.26 bits per heavy atom. The number of hydrogen-bond donors (Lipinski definition) is 1. The lowest BCUT2D eigenvalue weighted by molar-refractivity contribution is -0.162. The summed E-state index contributed by atoms with van der Waals surface area (Å²) in [5.41, 5.74) is 5.42. The number of rotatable bonds is 8. The van der Waals surface area contributed by atoms with Gasteiger partial charge >= 0.3 is 6.18 Å². The number of hydrogen-bond acceptors (Lipinski definition) is 5. The summed E-state index contributed by atoms with van der Waals surface area (Å²) in [5, 5.41) is 0. The van der Waals surface area contributed by atoms with Crippen LogP contribution in [0.15, 0.2) is 35.0 Å². The summed E-state index contributed by atoms with van der Waals surface area (Å²) in [6.45, 7) is -0.290. The molecule has 0 atom stereocenters. The van der Waals surface area contributed by atoms with Crippen LogP contribution in [0.25, 0.3) is 0 Å². The fourth-order valence-electron chi connectivity index (χ4n) is 3.17. The Labute approximate surface area is 176 Å². The first kappa shape index (κ1) is 25.1. The highest BCUT2D eigenvalue weighted by Crippen LogP contribution is 2.28. The highest BCUT2D eigenvalue weighted by molar-refractivity contribution is 7.91. The topological polar surface area (TPSA) is 89.7 Å². The second-order valence-electron chi connectivity index (χ2n) is 7.25. The smallest absolute Gasteiger partial charge is 0.397 e. The van der Waals surface area contributed by atoms with Crippen molar-refractivity contribution in [1.29, 1.82) is 0 Å². The summed E-state index contributed by atoms with van der Waals surface area (Å²) < 4.78 is 94.3. The molecule has 0 aromatic heterocycles. The standard InChI is InChI=1S/C19H23F5N2O4S/c20-9-14(10-25)11-30-15-1-2-17(16(21)7-15)31(28,29)12-13-3-5-26(6-4-13)18(27)8-19(22,23)24/h1-2,7,9,13H,3-6,8,10-12,25H2. The Morgan fingerprint density at radius 3 is 2.42 bits per heavy atom. The summed E-state index contributed by atoms with van der Waals surface area (Å²) in [5.74, 6) is -2.89. The fourth-order valence-corrected chi connectivity index (χ4v) is 4.93. The van der Waals surface area contributed by atoms with Crippen LogP contribution >= 0.6 is 0 Å². The van der Waals surface area contributed by atoms with Crippen LogP contribution in [0.3, 0.4) is 0 Å². The van der Waals surface area contributed by atoms with Gasteiger partial charge in [-0.3, -0.25) is 4.79 Å². The number of alkyl halides is 3. The van der Waals surface area contributed by atoms with Gasteiger partial charge in [0.2, 0.25) is 5.91 Å². The predicted molar refractivity (Wildman–Crippen MR) is 102 cm³/mol. The number of carbonyl (C=O) groups is 1. The molecule has 0 saturated carbocycles. The van der Waals surface area contributed by atoms with E-state index in [2.05, 4.69) is 0 Å². The number of ether oxygens (including phenoxy) is 1. The number of sulfone groups is 1. The van der Waals surface area contributed by atoms with Gasteiger partial charge in [0.25, 0.3) is 0 Å². The van der Waals surface area contributed by atoms with Crippen LogP contribution in [0.2, 0.25) is 0 Å². The molecule has 1 aromatic rings. The Bertz CT molecular complexity index is 910. The van der Waals surface area contributed by atoms with Crippen molar-refractivity contribution >= 4 is 15.7 Å². The molecular formula is C19H23F5N2O4S. The van der Waals surface area contributed by atoms with Gasteiger partial charge in [0.1, 0.15) is 29.5 Å². The molecule has 6 nitrogen and oxygen atoms in total. The number of carbonyl (C=O) groups excluding carboxylic acids is 1. The van der Waals surface area contributed by atoms with Gasteiger partial charge in [0, 0.05) is 31.3 Å². The van der Waals surface area contributed by atoms with Gasteiger partial charge in [-0.15, -0.1) is 0 Å². The van der Waals surface area contributed by atoms with Crippen LogP contribution in [0.5, 0.6) is 5.75 Å². The largest absolute Gasteiger partial charge is 0.489 e. The van der Waals surface area contributed by atoms with Gasteiger partial charge in [-0.05, 0) is 30.9 Å². The number of nitrogens with zero attached hydrogens (tertiary/aromatic N) is 1. The third-order valence-electron chi connectivity index (χ3n) is 4.85. The van der Waals surface area contributed by atoms with Crippen molar-refractivity contribution in [2.45, 2.75) is 30.3 Å². The molecule has 2 N–H and O–H groups in total. The van der Waals surface area contributed by atoms with Crippen molar-refractivity contribution in [3.8, 4) is 5.75 Å². The van der Waals surface area contributed by atoms with Gasteiger partial charge in [0.15, 0.2) is 9.84 Å². The van der Waals surface area contributed by atoms with E-state index in [4.69, 9.17) is 10.5 Å². The minimum absolute atomic E-state index is 0.000681. The molecular weight excluding hydrogens is 447 g/mol. The quantitative estimate of drug-likeness (QED) is 0.590. The van der Waals surface area contributed by atoms with Crippen LogP contribution < -0.4 is 10.5 Å². The molecule has 0 radical (unpaired) electrons. The number of amides is 1. The molecule has 1 amide bonds. The molecule has 1 aliphatic rings. The summed E-state index contributed by atoms with van der Waals surface area (Å²) in [6, 6.07) is 3.15. The second-order valence-corrected chi connectivity index (χ2v) is 9.25. The minimum atomic E-state index is -4.60. The Kier molecular flexibility index (Phi) is 8.41. The number of likely N-dealkylation sites (tertiary alicyclic amines) is 1. The molecule has 1 aromatic carbocycles. The van der Waals surface area contributed by atoms with Crippen molar-refractivity contribution in [2.75, 3.05) is 32.0 Å². The van der Waals surface area contributed by atoms with Gasteiger partial charge in [-0.25, -0.2) is 17.2 Å². The molecule has 1 aliphatic heterocycles. The molecule has 1 fully saturated rings. The maximum Gasteiger partial charge on any atom is 0.397 e. The molecule has 0 unspecified atom stereocenters. The Morgan fingerprint density at radius 2 is 1.90 bits per heavy atom. The van der Waals surface area contributed by atoms with Crippen LogP contribution in [-0.2, 0) is 14.6 Å². The molecule has 0 aliphatic carbocycles. The zero-order valence-electron chi connectivity index (χ0n) is 16.5. The van der Waals surface area contributed by atoms with Crippen LogP contribution in [0, 0.1) is 11.7 Å². The number of halogens is 5. The second kappa shape index (κ2) is 10.4. The van der Waals surface area contributed by atoms with E-state index in [1.54, 1.807) is 0 Å². The van der Waals surface area contributed by atoms with E-state index >= 15 is 0 Å². The molecule has 1 saturated heterocycles. The predicted octanol–water partition coefficient (Wildman–Crippen LogP) is 2.98. The first-order chi connectivity index (χ1) is 14.4. The van der Waals surface area contributed by atoms with Crippen molar-refractivity contribution in [1.82, 2.24) is 4.90 Å². The van der Waals surface area contributed by atoms with E-state index < -0.39 is 50.7 Å². The molecule has 1 heterocycles. The first-order valence-corrected chi connectivity index (χ1v) is 11.1. The van der Waals surface area contributed by atoms with Crippen molar-refractivity contribution in [3.63, 3.8) is 0 Å². The van der Waals surface area contributed by atoms with Gasteiger partial charge in [-0.1, -0.05) is 0 Å². The van der Waals surface area contributed by atoms with Crippen molar-refractivity contribution in [3.05, 3.63) is 35.9 Å². The summed E-state index contributed by atoms with van der Waals surface area (Å²) in [4.78, 5) is 12.2. The SMILES string of the molecule is NCC(=CF)COc1ccc(S(=O)(=O)CC2CCN(C(=O)CC(F)(F)F)CC2)c(F)c1. The van der Waals surface area contributed by atoms with Crippen LogP contribution in [0.4, 0.5) is 22.0 Å². The zero-order chi connectivity index (χ0) is 23.2. The van der Waals surface area contributed by atoms with Crippen LogP contribution in [-0.4, -0.2) is 57.4 Å². The van der Waals surface area contributed by atoms with E-state index in [1.165, 1.54) is 6.07 Å². The number of piperidine rings is 1. The lowest BCUT2D eigenvalue weighted by Crippen LogP contribution is -2.41. The van der Waals surface area contributed by atoms with E-state index in [-0.39, 0.29) is 56.7 Å². The Balaban J connectivity index is 1.96. The molecule has 174 valence electrons. The van der Waals surface area contributed by atoms with Crippen molar-refractivity contribution in [2.24, 2.45) is 11.7 Å². The van der Waals surface area contributed by atoms with E-state index in [0.717, 1.165) is 17.0 Å². The molecule has 2 rings (SSSR count). The maximum atomic E-state index is 14.4. The van der Waals surface area contributed by atoms with Gasteiger partial charge in [0.05, 0.1) is 12.1 Å². The average Bonchev–Trinajstić information content (AvgIpc) is 2.67. The van der Waals surface area contributed by atoms with E-state index in [1.807, 2.05) is 0 Å². The van der Waals surface area contributed by atoms with Gasteiger partial charge in [-0.2, -0.15) is 13.2 Å². The lowest BCUT2D eigenvalue weighted by atomic mass is 9.99. The van der Waals surface area contributed by atoms with Gasteiger partial charge < -0.3 is 15.4 Å².